The van der Waals surface area contributed by atoms with Crippen LogP contribution in [0.4, 0.5) is 5.69 Å². The van der Waals surface area contributed by atoms with Crippen LogP contribution in [0, 0.1) is 11.3 Å². The second-order valence-corrected chi connectivity index (χ2v) is 6.39. The number of nitrogens with zero attached hydrogens (tertiary/aromatic N) is 3. The van der Waals surface area contributed by atoms with Crippen LogP contribution in [-0.2, 0) is 19.2 Å². The predicted octanol–water partition coefficient (Wildman–Crippen LogP) is 1.79. The first-order chi connectivity index (χ1) is 14.2. The largest absolute Gasteiger partial charge is 0.480 e. The maximum Gasteiger partial charge on any atom is 0.323 e. The molecule has 1 aromatic rings. The van der Waals surface area contributed by atoms with Crippen molar-refractivity contribution in [2.24, 2.45) is 0 Å². The fourth-order valence-corrected chi connectivity index (χ4v) is 2.78. The van der Waals surface area contributed by atoms with Gasteiger partial charge in [0.25, 0.3) is 0 Å². The Bertz CT molecular complexity index is 834. The molecule has 0 spiro atoms. The average Bonchev–Trinajstić information content (AvgIpc) is 2.70. The van der Waals surface area contributed by atoms with Crippen molar-refractivity contribution in [2.45, 2.75) is 26.7 Å². The van der Waals surface area contributed by atoms with Gasteiger partial charge < -0.3 is 20.0 Å². The van der Waals surface area contributed by atoms with E-state index in [9.17, 15) is 24.4 Å². The summed E-state index contributed by atoms with van der Waals surface area (Å²) in [7, 11) is 0. The van der Waals surface area contributed by atoms with Gasteiger partial charge in [-0.2, -0.15) is 5.26 Å². The highest BCUT2D eigenvalue weighted by Crippen LogP contribution is 2.17. The van der Waals surface area contributed by atoms with Crippen molar-refractivity contribution < 1.29 is 29.4 Å². The molecule has 1 rings (SSSR count). The number of carbonyl (C=O) groups excluding carboxylic acids is 2. The summed E-state index contributed by atoms with van der Waals surface area (Å²) in [5, 5.41) is 26.9. The lowest BCUT2D eigenvalue weighted by atomic mass is 10.0. The average molecular weight is 415 g/mol. The van der Waals surface area contributed by atoms with Gasteiger partial charge in [-0.05, 0) is 37.6 Å². The third kappa shape index (κ3) is 7.75. The second-order valence-electron chi connectivity index (χ2n) is 6.39. The van der Waals surface area contributed by atoms with Crippen molar-refractivity contribution >= 4 is 35.4 Å². The molecule has 1 amide bonds. The van der Waals surface area contributed by atoms with Crippen LogP contribution in [0.15, 0.2) is 29.8 Å². The number of aliphatic carboxylic acids is 2. The highest BCUT2D eigenvalue weighted by Gasteiger charge is 2.21. The summed E-state index contributed by atoms with van der Waals surface area (Å²) in [5.74, 6) is -4.08. The first-order valence-electron chi connectivity index (χ1n) is 9.43. The van der Waals surface area contributed by atoms with Crippen LogP contribution in [0.25, 0.3) is 6.08 Å². The fourth-order valence-electron chi connectivity index (χ4n) is 2.78. The van der Waals surface area contributed by atoms with Crippen LogP contribution in [0.5, 0.6) is 0 Å². The van der Waals surface area contributed by atoms with Gasteiger partial charge in [0.15, 0.2) is 5.78 Å². The highest BCUT2D eigenvalue weighted by atomic mass is 16.4. The number of anilines is 1. The molecule has 0 aromatic heterocycles. The van der Waals surface area contributed by atoms with Crippen LogP contribution in [0.2, 0.25) is 0 Å². The first kappa shape index (κ1) is 24.4. The molecule has 0 radical (unpaired) electrons. The van der Waals surface area contributed by atoms with E-state index in [4.69, 9.17) is 10.2 Å². The standard InChI is InChI=1S/C21H25N3O6/c1-3-23(4-2)17-7-5-15(6-8-17)11-16(12-22)18(25)9-10-19(26)24(13-20(27)28)14-21(29)30/h5-8,11H,3-4,9-10,13-14H2,1-2H3,(H,27,28)(H,29,30)/b16-11+. The van der Waals surface area contributed by atoms with Crippen molar-refractivity contribution in [1.82, 2.24) is 4.90 Å². The van der Waals surface area contributed by atoms with E-state index in [-0.39, 0.29) is 18.4 Å². The Morgan fingerprint density at radius 2 is 1.50 bits per heavy atom. The number of nitriles is 1. The zero-order chi connectivity index (χ0) is 22.7. The summed E-state index contributed by atoms with van der Waals surface area (Å²) in [6.45, 7) is 4.22. The second kappa shape index (κ2) is 12.0. The minimum absolute atomic E-state index is 0.138. The van der Waals surface area contributed by atoms with E-state index < -0.39 is 36.7 Å². The lowest BCUT2D eigenvalue weighted by Gasteiger charge is -2.20. The molecule has 0 unspecified atom stereocenters. The summed E-state index contributed by atoms with van der Waals surface area (Å²) in [6, 6.07) is 9.15. The summed E-state index contributed by atoms with van der Waals surface area (Å²) in [6.07, 6.45) is 0.704. The number of benzene rings is 1. The van der Waals surface area contributed by atoms with Gasteiger partial charge in [0.05, 0.1) is 5.57 Å². The Morgan fingerprint density at radius 1 is 0.967 bits per heavy atom. The molecule has 0 atom stereocenters. The van der Waals surface area contributed by atoms with Crippen LogP contribution in [0.3, 0.4) is 0 Å². The molecule has 0 aliphatic rings. The third-order valence-electron chi connectivity index (χ3n) is 4.32. The van der Waals surface area contributed by atoms with E-state index in [1.807, 2.05) is 32.0 Å². The van der Waals surface area contributed by atoms with Gasteiger partial charge in [-0.1, -0.05) is 12.1 Å². The minimum atomic E-state index is -1.36. The normalized spacial score (nSPS) is 10.8. The summed E-state index contributed by atoms with van der Waals surface area (Å²) in [4.78, 5) is 48.8. The van der Waals surface area contributed by atoms with Crippen molar-refractivity contribution in [3.8, 4) is 6.07 Å². The number of carbonyl (C=O) groups is 4. The summed E-state index contributed by atoms with van der Waals surface area (Å²) in [5.41, 5.74) is 1.53. The number of rotatable bonds is 12. The summed E-state index contributed by atoms with van der Waals surface area (Å²) < 4.78 is 0. The number of hydrogen-bond acceptors (Lipinski definition) is 6. The van der Waals surface area contributed by atoms with E-state index in [0.717, 1.165) is 18.8 Å². The topological polar surface area (TPSA) is 139 Å². The Morgan fingerprint density at radius 3 is 1.93 bits per heavy atom. The lowest BCUT2D eigenvalue weighted by Crippen LogP contribution is -2.39. The Kier molecular flexibility index (Phi) is 9.76. The number of Topliss-reactive ketones (excluding diaryl/α,β-unsaturated/α-hetero) is 1. The number of carboxylic acids is 2. The van der Waals surface area contributed by atoms with Crippen molar-refractivity contribution in [3.63, 3.8) is 0 Å². The first-order valence-corrected chi connectivity index (χ1v) is 9.43. The van der Waals surface area contributed by atoms with Crippen LogP contribution in [-0.4, -0.2) is 64.9 Å². The van der Waals surface area contributed by atoms with Crippen molar-refractivity contribution in [1.29, 1.82) is 5.26 Å². The fraction of sp³-hybridized carbons (Fsp3) is 0.381. The molecular formula is C21H25N3O6. The molecule has 160 valence electrons. The van der Waals surface area contributed by atoms with Gasteiger partial charge >= 0.3 is 11.9 Å². The lowest BCUT2D eigenvalue weighted by molar-refractivity contribution is -0.149. The molecule has 9 heteroatoms. The molecule has 0 saturated heterocycles. The molecule has 0 aliphatic carbocycles. The molecule has 2 N–H and O–H groups in total. The monoisotopic (exact) mass is 415 g/mol. The molecule has 0 heterocycles. The van der Waals surface area contributed by atoms with Crippen molar-refractivity contribution in [3.05, 3.63) is 35.4 Å². The van der Waals surface area contributed by atoms with E-state index in [1.54, 1.807) is 12.1 Å². The highest BCUT2D eigenvalue weighted by molar-refractivity contribution is 6.04. The van der Waals surface area contributed by atoms with Crippen LogP contribution < -0.4 is 4.90 Å². The molecule has 0 aliphatic heterocycles. The SMILES string of the molecule is CCN(CC)c1ccc(/C=C(\C#N)C(=O)CCC(=O)N(CC(=O)O)CC(=O)O)cc1. The van der Waals surface area contributed by atoms with E-state index in [1.165, 1.54) is 6.08 Å². The molecule has 9 nitrogen and oxygen atoms in total. The number of carboxylic acid groups (broad SMARTS) is 2. The van der Waals surface area contributed by atoms with Crippen LogP contribution >= 0.6 is 0 Å². The van der Waals surface area contributed by atoms with Gasteiger partial charge in [0.1, 0.15) is 19.2 Å². The zero-order valence-corrected chi connectivity index (χ0v) is 17.0. The molecule has 0 saturated carbocycles. The van der Waals surface area contributed by atoms with E-state index in [0.29, 0.717) is 10.5 Å². The number of allylic oxidation sites excluding steroid dienone is 1. The van der Waals surface area contributed by atoms with Gasteiger partial charge in [0, 0.05) is 31.6 Å². The van der Waals surface area contributed by atoms with Gasteiger partial charge in [-0.25, -0.2) is 0 Å². The predicted molar refractivity (Wildman–Crippen MR) is 110 cm³/mol. The Balaban J connectivity index is 2.82. The van der Waals surface area contributed by atoms with Crippen LogP contribution in [0.1, 0.15) is 32.3 Å². The Hall–Kier alpha value is -3.67. The molecule has 0 bridgehead atoms. The third-order valence-corrected chi connectivity index (χ3v) is 4.32. The van der Waals surface area contributed by atoms with Gasteiger partial charge in [0.2, 0.25) is 5.91 Å². The smallest absolute Gasteiger partial charge is 0.323 e. The molecule has 0 fully saturated rings. The Labute approximate surface area is 174 Å². The van der Waals surface area contributed by atoms with E-state index in [2.05, 4.69) is 4.90 Å². The van der Waals surface area contributed by atoms with Crippen molar-refractivity contribution in [2.75, 3.05) is 31.1 Å². The van der Waals surface area contributed by atoms with E-state index >= 15 is 0 Å². The molecule has 30 heavy (non-hydrogen) atoms. The van der Waals surface area contributed by atoms with Gasteiger partial charge in [-0.3, -0.25) is 19.2 Å². The zero-order valence-electron chi connectivity index (χ0n) is 17.0. The number of amides is 1. The number of ketones is 1. The minimum Gasteiger partial charge on any atom is -0.480 e. The maximum atomic E-state index is 12.3. The quantitative estimate of drug-likeness (QED) is 0.389. The molecular weight excluding hydrogens is 390 g/mol. The summed E-state index contributed by atoms with van der Waals surface area (Å²) >= 11 is 0. The van der Waals surface area contributed by atoms with Gasteiger partial charge in [-0.15, -0.1) is 0 Å². The molecule has 1 aromatic carbocycles. The number of hydrogen-bond donors (Lipinski definition) is 2. The maximum absolute atomic E-state index is 12.3.